The number of aliphatic hydroxyl groups is 1. The van der Waals surface area contributed by atoms with Crippen LogP contribution in [0.5, 0.6) is 0 Å². The van der Waals surface area contributed by atoms with Crippen LogP contribution >= 0.6 is 0 Å². The fourth-order valence-electron chi connectivity index (χ4n) is 3.45. The molecule has 0 saturated carbocycles. The van der Waals surface area contributed by atoms with E-state index < -0.39 is 0 Å². The fraction of sp³-hybridized carbons (Fsp3) is 1.00. The third kappa shape index (κ3) is 3.94. The maximum atomic E-state index is 9.55. The van der Waals surface area contributed by atoms with Gasteiger partial charge in [-0.1, -0.05) is 20.8 Å². The van der Waals surface area contributed by atoms with E-state index in [0.29, 0.717) is 11.5 Å². The normalized spacial score (nSPS) is 35.7. The SMILES string of the molecule is CC(C)(C)C1CCCN(CC2CC(O)CN2)CC1. The third-order valence-corrected chi connectivity index (χ3v) is 4.72. The highest BCUT2D eigenvalue weighted by Crippen LogP contribution is 2.34. The fourth-order valence-corrected chi connectivity index (χ4v) is 3.45. The molecule has 0 aliphatic carbocycles. The van der Waals surface area contributed by atoms with Crippen LogP contribution in [-0.4, -0.2) is 48.3 Å². The highest BCUT2D eigenvalue weighted by molar-refractivity contribution is 4.85. The van der Waals surface area contributed by atoms with Crippen LogP contribution in [-0.2, 0) is 0 Å². The molecule has 2 saturated heterocycles. The number of likely N-dealkylation sites (tertiary alicyclic amines) is 1. The van der Waals surface area contributed by atoms with Crippen molar-refractivity contribution in [2.45, 2.75) is 58.6 Å². The van der Waals surface area contributed by atoms with Gasteiger partial charge in [-0.25, -0.2) is 0 Å². The van der Waals surface area contributed by atoms with E-state index in [9.17, 15) is 5.11 Å². The van der Waals surface area contributed by atoms with Gasteiger partial charge in [0.25, 0.3) is 0 Å². The molecule has 106 valence electrons. The zero-order valence-electron chi connectivity index (χ0n) is 12.3. The quantitative estimate of drug-likeness (QED) is 0.789. The van der Waals surface area contributed by atoms with Gasteiger partial charge in [-0.15, -0.1) is 0 Å². The summed E-state index contributed by atoms with van der Waals surface area (Å²) in [5, 5.41) is 13.0. The van der Waals surface area contributed by atoms with Crippen molar-refractivity contribution in [3.63, 3.8) is 0 Å². The van der Waals surface area contributed by atoms with Gasteiger partial charge in [0.1, 0.15) is 0 Å². The van der Waals surface area contributed by atoms with Gasteiger partial charge in [0, 0.05) is 19.1 Å². The topological polar surface area (TPSA) is 35.5 Å². The molecule has 0 aromatic rings. The predicted molar refractivity (Wildman–Crippen MR) is 75.7 cm³/mol. The number of β-amino-alcohol motifs (C(OH)–C–C–N with tert-alkyl or cyclic N) is 1. The molecule has 0 amide bonds. The smallest absolute Gasteiger partial charge is 0.0680 e. The second kappa shape index (κ2) is 5.89. The van der Waals surface area contributed by atoms with E-state index in [-0.39, 0.29) is 6.10 Å². The minimum Gasteiger partial charge on any atom is -0.392 e. The molecule has 2 rings (SSSR count). The summed E-state index contributed by atoms with van der Waals surface area (Å²) in [6.45, 7) is 11.5. The van der Waals surface area contributed by atoms with Crippen molar-refractivity contribution in [2.75, 3.05) is 26.2 Å². The minimum absolute atomic E-state index is 0.121. The van der Waals surface area contributed by atoms with E-state index >= 15 is 0 Å². The molecule has 3 atom stereocenters. The average molecular weight is 254 g/mol. The summed E-state index contributed by atoms with van der Waals surface area (Å²) >= 11 is 0. The van der Waals surface area contributed by atoms with Crippen molar-refractivity contribution in [2.24, 2.45) is 11.3 Å². The second-order valence-corrected chi connectivity index (χ2v) is 7.29. The molecular weight excluding hydrogens is 224 g/mol. The molecule has 0 aromatic carbocycles. The molecule has 2 fully saturated rings. The van der Waals surface area contributed by atoms with Crippen LogP contribution in [0.2, 0.25) is 0 Å². The number of rotatable bonds is 2. The molecule has 18 heavy (non-hydrogen) atoms. The molecule has 2 N–H and O–H groups in total. The van der Waals surface area contributed by atoms with E-state index in [2.05, 4.69) is 31.0 Å². The van der Waals surface area contributed by atoms with Crippen LogP contribution < -0.4 is 5.32 Å². The van der Waals surface area contributed by atoms with Crippen molar-refractivity contribution < 1.29 is 5.11 Å². The summed E-state index contributed by atoms with van der Waals surface area (Å²) in [6, 6.07) is 0.506. The average Bonchev–Trinajstić information content (AvgIpc) is 2.53. The van der Waals surface area contributed by atoms with E-state index in [1.165, 1.54) is 32.4 Å². The first kappa shape index (κ1) is 14.3. The van der Waals surface area contributed by atoms with E-state index in [0.717, 1.165) is 25.4 Å². The number of nitrogens with zero attached hydrogens (tertiary/aromatic N) is 1. The summed E-state index contributed by atoms with van der Waals surface area (Å²) in [6.07, 6.45) is 4.85. The predicted octanol–water partition coefficient (Wildman–Crippen LogP) is 1.86. The molecule has 3 nitrogen and oxygen atoms in total. The minimum atomic E-state index is -0.121. The first-order valence-corrected chi connectivity index (χ1v) is 7.59. The molecule has 0 bridgehead atoms. The zero-order valence-corrected chi connectivity index (χ0v) is 12.3. The second-order valence-electron chi connectivity index (χ2n) is 7.29. The molecule has 2 aliphatic heterocycles. The van der Waals surface area contributed by atoms with Crippen LogP contribution in [0.3, 0.4) is 0 Å². The van der Waals surface area contributed by atoms with Gasteiger partial charge in [-0.2, -0.15) is 0 Å². The van der Waals surface area contributed by atoms with Crippen molar-refractivity contribution in [3.05, 3.63) is 0 Å². The monoisotopic (exact) mass is 254 g/mol. The molecule has 0 aromatic heterocycles. The highest BCUT2D eigenvalue weighted by Gasteiger charge is 2.29. The van der Waals surface area contributed by atoms with Crippen LogP contribution in [0.4, 0.5) is 0 Å². The lowest BCUT2D eigenvalue weighted by molar-refractivity contribution is 0.184. The van der Waals surface area contributed by atoms with Gasteiger partial charge >= 0.3 is 0 Å². The first-order chi connectivity index (χ1) is 8.45. The lowest BCUT2D eigenvalue weighted by atomic mass is 9.77. The van der Waals surface area contributed by atoms with Crippen LogP contribution in [0.25, 0.3) is 0 Å². The van der Waals surface area contributed by atoms with Gasteiger partial charge in [-0.3, -0.25) is 0 Å². The van der Waals surface area contributed by atoms with Gasteiger partial charge in [0.15, 0.2) is 0 Å². The Kier molecular flexibility index (Phi) is 4.68. The van der Waals surface area contributed by atoms with Gasteiger partial charge in [0.05, 0.1) is 6.10 Å². The Morgan fingerprint density at radius 3 is 2.61 bits per heavy atom. The van der Waals surface area contributed by atoms with Crippen LogP contribution in [0, 0.1) is 11.3 Å². The number of hydrogen-bond donors (Lipinski definition) is 2. The lowest BCUT2D eigenvalue weighted by Crippen LogP contribution is -2.38. The molecular formula is C15H30N2O. The van der Waals surface area contributed by atoms with E-state index in [4.69, 9.17) is 0 Å². The molecule has 3 unspecified atom stereocenters. The third-order valence-electron chi connectivity index (χ3n) is 4.72. The van der Waals surface area contributed by atoms with Crippen LogP contribution in [0.15, 0.2) is 0 Å². The molecule has 2 aliphatic rings. The van der Waals surface area contributed by atoms with Gasteiger partial charge in [0.2, 0.25) is 0 Å². The Labute approximate surface area is 112 Å². The van der Waals surface area contributed by atoms with Gasteiger partial charge in [-0.05, 0) is 50.1 Å². The van der Waals surface area contributed by atoms with E-state index in [1.807, 2.05) is 0 Å². The largest absolute Gasteiger partial charge is 0.392 e. The number of aliphatic hydroxyl groups excluding tert-OH is 1. The van der Waals surface area contributed by atoms with Crippen molar-refractivity contribution in [3.8, 4) is 0 Å². The number of hydrogen-bond acceptors (Lipinski definition) is 3. The number of nitrogens with one attached hydrogen (secondary N) is 1. The lowest BCUT2D eigenvalue weighted by Gasteiger charge is -2.30. The Morgan fingerprint density at radius 1 is 1.22 bits per heavy atom. The summed E-state index contributed by atoms with van der Waals surface area (Å²) in [7, 11) is 0. The van der Waals surface area contributed by atoms with Gasteiger partial charge < -0.3 is 15.3 Å². The van der Waals surface area contributed by atoms with E-state index in [1.54, 1.807) is 0 Å². The highest BCUT2D eigenvalue weighted by atomic mass is 16.3. The Balaban J connectivity index is 1.78. The molecule has 2 heterocycles. The zero-order chi connectivity index (χ0) is 13.2. The van der Waals surface area contributed by atoms with Crippen LogP contribution in [0.1, 0.15) is 46.5 Å². The molecule has 0 radical (unpaired) electrons. The maximum Gasteiger partial charge on any atom is 0.0680 e. The molecule has 3 heteroatoms. The Hall–Kier alpha value is -0.120. The van der Waals surface area contributed by atoms with Crippen molar-refractivity contribution >= 4 is 0 Å². The van der Waals surface area contributed by atoms with Crippen molar-refractivity contribution in [1.82, 2.24) is 10.2 Å². The summed E-state index contributed by atoms with van der Waals surface area (Å²) < 4.78 is 0. The Bertz CT molecular complexity index is 262. The summed E-state index contributed by atoms with van der Waals surface area (Å²) in [4.78, 5) is 2.60. The molecule has 0 spiro atoms. The maximum absolute atomic E-state index is 9.55. The first-order valence-electron chi connectivity index (χ1n) is 7.59. The summed E-state index contributed by atoms with van der Waals surface area (Å²) in [5.74, 6) is 0.865. The Morgan fingerprint density at radius 2 is 2.00 bits per heavy atom. The summed E-state index contributed by atoms with van der Waals surface area (Å²) in [5.41, 5.74) is 0.456. The standard InChI is InChI=1S/C15H30N2O/c1-15(2,3)12-5-4-7-17(8-6-12)11-13-9-14(18)10-16-13/h12-14,16,18H,4-11H2,1-3H3. The van der Waals surface area contributed by atoms with Crippen molar-refractivity contribution in [1.29, 1.82) is 0 Å².